The van der Waals surface area contributed by atoms with Crippen molar-refractivity contribution in [2.45, 2.75) is 32.6 Å². The molecule has 0 radical (unpaired) electrons. The Balaban J connectivity index is 1.62. The number of aromatic nitrogens is 2. The molecule has 0 bridgehead atoms. The van der Waals surface area contributed by atoms with Crippen molar-refractivity contribution in [1.82, 2.24) is 19.8 Å². The molecule has 0 atom stereocenters. The molecule has 3 rings (SSSR count). The van der Waals surface area contributed by atoms with Gasteiger partial charge in [0.2, 0.25) is 0 Å². The van der Waals surface area contributed by atoms with Crippen LogP contribution in [-0.2, 0) is 0 Å². The van der Waals surface area contributed by atoms with Gasteiger partial charge in [0, 0.05) is 45.0 Å². The summed E-state index contributed by atoms with van der Waals surface area (Å²) in [6.07, 6.45) is 3.42. The highest BCUT2D eigenvalue weighted by Gasteiger charge is 2.27. The predicted octanol–water partition coefficient (Wildman–Crippen LogP) is 2.88. The number of likely N-dealkylation sites (tertiary alicyclic amines) is 1. The largest absolute Gasteiger partial charge is 0.345 e. The van der Waals surface area contributed by atoms with E-state index < -0.39 is 0 Å². The maximum Gasteiger partial charge on any atom is 0.265 e. The number of amides is 2. The van der Waals surface area contributed by atoms with Gasteiger partial charge in [0.1, 0.15) is 4.88 Å². The van der Waals surface area contributed by atoms with E-state index in [0.29, 0.717) is 11.5 Å². The molecule has 2 aromatic heterocycles. The topological polar surface area (TPSA) is 66.4 Å². The molecular formula is C19H24N4O2S. The number of rotatable bonds is 3. The van der Waals surface area contributed by atoms with E-state index in [9.17, 15) is 9.59 Å². The molecule has 0 saturated carbocycles. The third kappa shape index (κ3) is 3.77. The standard InChI is InChI=1S/C19H24N4O2S/c1-12-17(26-13(2)21-12)19(25)23-9-7-14(8-10-23)16-6-5-15(11-20-16)18(24)22(3)4/h5-6,11,14H,7-10H2,1-4H3. The van der Waals surface area contributed by atoms with Gasteiger partial charge in [0.05, 0.1) is 16.3 Å². The SMILES string of the molecule is Cc1nc(C)c(C(=O)N2CCC(c3ccc(C(=O)N(C)C)cn3)CC2)s1. The lowest BCUT2D eigenvalue weighted by atomic mass is 9.92. The first-order valence-corrected chi connectivity index (χ1v) is 9.59. The van der Waals surface area contributed by atoms with Gasteiger partial charge in [0.15, 0.2) is 0 Å². The Morgan fingerprint density at radius 3 is 2.38 bits per heavy atom. The number of hydrogen-bond donors (Lipinski definition) is 0. The number of carbonyl (C=O) groups excluding carboxylic acids is 2. The van der Waals surface area contributed by atoms with Crippen LogP contribution in [0, 0.1) is 13.8 Å². The Morgan fingerprint density at radius 2 is 1.88 bits per heavy atom. The number of hydrogen-bond acceptors (Lipinski definition) is 5. The van der Waals surface area contributed by atoms with Gasteiger partial charge in [-0.15, -0.1) is 11.3 Å². The van der Waals surface area contributed by atoms with Gasteiger partial charge in [-0.05, 0) is 38.8 Å². The fourth-order valence-corrected chi connectivity index (χ4v) is 4.17. The average molecular weight is 372 g/mol. The Kier molecular flexibility index (Phi) is 5.36. The van der Waals surface area contributed by atoms with Gasteiger partial charge in [-0.25, -0.2) is 4.98 Å². The summed E-state index contributed by atoms with van der Waals surface area (Å²) in [7, 11) is 3.46. The van der Waals surface area contributed by atoms with Crippen LogP contribution in [-0.4, -0.2) is 58.8 Å². The van der Waals surface area contributed by atoms with E-state index in [-0.39, 0.29) is 11.8 Å². The van der Waals surface area contributed by atoms with Gasteiger partial charge in [-0.3, -0.25) is 14.6 Å². The van der Waals surface area contributed by atoms with E-state index in [2.05, 4.69) is 9.97 Å². The number of nitrogens with zero attached hydrogens (tertiary/aromatic N) is 4. The van der Waals surface area contributed by atoms with Crippen LogP contribution in [0.4, 0.5) is 0 Å². The summed E-state index contributed by atoms with van der Waals surface area (Å²) in [5.74, 6) is 0.373. The van der Waals surface area contributed by atoms with E-state index in [4.69, 9.17) is 0 Å². The maximum atomic E-state index is 12.7. The lowest BCUT2D eigenvalue weighted by Crippen LogP contribution is -2.38. The van der Waals surface area contributed by atoms with Crippen molar-refractivity contribution in [2.24, 2.45) is 0 Å². The molecule has 2 aromatic rings. The predicted molar refractivity (Wildman–Crippen MR) is 102 cm³/mol. The van der Waals surface area contributed by atoms with Crippen molar-refractivity contribution in [1.29, 1.82) is 0 Å². The first-order chi connectivity index (χ1) is 12.4. The van der Waals surface area contributed by atoms with Gasteiger partial charge >= 0.3 is 0 Å². The van der Waals surface area contributed by atoms with Crippen LogP contribution >= 0.6 is 11.3 Å². The highest BCUT2D eigenvalue weighted by atomic mass is 32.1. The van der Waals surface area contributed by atoms with Gasteiger partial charge < -0.3 is 9.80 Å². The molecular weight excluding hydrogens is 348 g/mol. The fourth-order valence-electron chi connectivity index (χ4n) is 3.28. The first-order valence-electron chi connectivity index (χ1n) is 8.77. The van der Waals surface area contributed by atoms with Gasteiger partial charge in [-0.2, -0.15) is 0 Å². The molecule has 6 nitrogen and oxygen atoms in total. The second-order valence-electron chi connectivity index (χ2n) is 6.89. The summed E-state index contributed by atoms with van der Waals surface area (Å²) in [5.41, 5.74) is 2.42. The smallest absolute Gasteiger partial charge is 0.265 e. The van der Waals surface area contributed by atoms with E-state index in [1.165, 1.54) is 11.3 Å². The van der Waals surface area contributed by atoms with Crippen LogP contribution in [0.2, 0.25) is 0 Å². The highest BCUT2D eigenvalue weighted by Crippen LogP contribution is 2.29. The third-order valence-electron chi connectivity index (χ3n) is 4.74. The lowest BCUT2D eigenvalue weighted by molar-refractivity contribution is 0.0715. The molecule has 0 aromatic carbocycles. The minimum Gasteiger partial charge on any atom is -0.345 e. The van der Waals surface area contributed by atoms with Crippen molar-refractivity contribution in [3.8, 4) is 0 Å². The normalized spacial score (nSPS) is 15.2. The van der Waals surface area contributed by atoms with E-state index >= 15 is 0 Å². The zero-order valence-corrected chi connectivity index (χ0v) is 16.5. The Hall–Kier alpha value is -2.28. The van der Waals surface area contributed by atoms with E-state index in [1.54, 1.807) is 25.2 Å². The Labute approximate surface area is 157 Å². The summed E-state index contributed by atoms with van der Waals surface area (Å²) in [4.78, 5) is 37.7. The number of carbonyl (C=O) groups is 2. The van der Waals surface area contributed by atoms with E-state index in [1.807, 2.05) is 30.9 Å². The van der Waals surface area contributed by atoms with Crippen LogP contribution in [0.15, 0.2) is 18.3 Å². The minimum atomic E-state index is -0.0420. The number of pyridine rings is 1. The Morgan fingerprint density at radius 1 is 1.19 bits per heavy atom. The van der Waals surface area contributed by atoms with Crippen LogP contribution in [0.1, 0.15) is 55.2 Å². The minimum absolute atomic E-state index is 0.0420. The molecule has 1 fully saturated rings. The molecule has 2 amide bonds. The van der Waals surface area contributed by atoms with Crippen LogP contribution < -0.4 is 0 Å². The van der Waals surface area contributed by atoms with Crippen molar-refractivity contribution in [3.63, 3.8) is 0 Å². The summed E-state index contributed by atoms with van der Waals surface area (Å²) in [5, 5.41) is 0.928. The summed E-state index contributed by atoms with van der Waals surface area (Å²) in [6, 6.07) is 3.78. The highest BCUT2D eigenvalue weighted by molar-refractivity contribution is 7.13. The Bertz CT molecular complexity index is 805. The first kappa shape index (κ1) is 18.5. The molecule has 1 aliphatic rings. The quantitative estimate of drug-likeness (QED) is 0.831. The zero-order chi connectivity index (χ0) is 18.8. The molecule has 7 heteroatoms. The van der Waals surface area contributed by atoms with Crippen molar-refractivity contribution in [2.75, 3.05) is 27.2 Å². The lowest BCUT2D eigenvalue weighted by Gasteiger charge is -2.31. The molecule has 0 aliphatic carbocycles. The molecule has 1 aliphatic heterocycles. The average Bonchev–Trinajstić information content (AvgIpc) is 2.99. The molecule has 138 valence electrons. The number of piperidine rings is 1. The molecule has 0 N–H and O–H groups in total. The zero-order valence-electron chi connectivity index (χ0n) is 15.7. The fraction of sp³-hybridized carbons (Fsp3) is 0.474. The second-order valence-corrected chi connectivity index (χ2v) is 8.09. The number of aryl methyl sites for hydroxylation is 2. The van der Waals surface area contributed by atoms with Crippen LogP contribution in [0.5, 0.6) is 0 Å². The molecule has 26 heavy (non-hydrogen) atoms. The monoisotopic (exact) mass is 372 g/mol. The molecule has 0 spiro atoms. The molecule has 3 heterocycles. The summed E-state index contributed by atoms with van der Waals surface area (Å²) >= 11 is 1.47. The second kappa shape index (κ2) is 7.53. The van der Waals surface area contributed by atoms with Crippen molar-refractivity contribution < 1.29 is 9.59 Å². The van der Waals surface area contributed by atoms with Gasteiger partial charge in [0.25, 0.3) is 11.8 Å². The van der Waals surface area contributed by atoms with Crippen LogP contribution in [0.3, 0.4) is 0 Å². The van der Waals surface area contributed by atoms with Gasteiger partial charge in [-0.1, -0.05) is 0 Å². The summed E-state index contributed by atoms with van der Waals surface area (Å²) in [6.45, 7) is 5.26. The maximum absolute atomic E-state index is 12.7. The summed E-state index contributed by atoms with van der Waals surface area (Å²) < 4.78 is 0. The van der Waals surface area contributed by atoms with Crippen molar-refractivity contribution in [3.05, 3.63) is 45.2 Å². The van der Waals surface area contributed by atoms with E-state index in [0.717, 1.165) is 47.2 Å². The van der Waals surface area contributed by atoms with Crippen molar-refractivity contribution >= 4 is 23.2 Å². The third-order valence-corrected chi connectivity index (χ3v) is 5.80. The number of thiazole rings is 1. The van der Waals surface area contributed by atoms with Crippen LogP contribution in [0.25, 0.3) is 0 Å². The molecule has 1 saturated heterocycles. The molecule has 0 unspecified atom stereocenters.